The van der Waals surface area contributed by atoms with Gasteiger partial charge < -0.3 is 10.5 Å². The van der Waals surface area contributed by atoms with Crippen molar-refractivity contribution in [1.82, 2.24) is 4.90 Å². The van der Waals surface area contributed by atoms with Gasteiger partial charge in [0.05, 0.1) is 17.7 Å². The van der Waals surface area contributed by atoms with Gasteiger partial charge in [-0.1, -0.05) is 49.1 Å². The first-order valence-corrected chi connectivity index (χ1v) is 9.83. The number of amides is 2. The van der Waals surface area contributed by atoms with Crippen LogP contribution in [-0.2, 0) is 11.3 Å². The van der Waals surface area contributed by atoms with Gasteiger partial charge in [0.25, 0.3) is 11.8 Å². The lowest BCUT2D eigenvalue weighted by Gasteiger charge is -2.15. The molecule has 1 aliphatic carbocycles. The number of nitrogens with two attached hydrogens (primary N) is 1. The van der Waals surface area contributed by atoms with E-state index >= 15 is 0 Å². The summed E-state index contributed by atoms with van der Waals surface area (Å²) in [7, 11) is 0. The second-order valence-corrected chi connectivity index (χ2v) is 7.56. The number of hydrogen-bond acceptors (Lipinski definition) is 4. The quantitative estimate of drug-likeness (QED) is 0.469. The van der Waals surface area contributed by atoms with Crippen molar-refractivity contribution in [2.45, 2.75) is 38.6 Å². The first-order valence-electron chi connectivity index (χ1n) is 9.45. The molecule has 28 heavy (non-hydrogen) atoms. The molecular weight excluding hydrogens is 376 g/mol. The molecule has 2 amide bonds. The molecule has 0 saturated heterocycles. The van der Waals surface area contributed by atoms with Crippen molar-refractivity contribution in [3.8, 4) is 0 Å². The largest absolute Gasteiger partial charge is 0.398 e. The third-order valence-corrected chi connectivity index (χ3v) is 5.39. The van der Waals surface area contributed by atoms with Gasteiger partial charge in [-0.2, -0.15) is 0 Å². The molecular formula is C22H23ClN2O3. The molecule has 2 N–H and O–H groups in total. The standard InChI is InChI=1S/C15H11ClN2O2.C7H12O/c16-10-6-5-9(13(17)7-10)8-18-14(19)11-3-1-2-4-12(11)15(18)20;8-6-7-4-2-1-3-5-7/h1-7H,8,17H2;6-7H,1-5H2. The molecule has 1 heterocycles. The third-order valence-electron chi connectivity index (χ3n) is 5.16. The lowest BCUT2D eigenvalue weighted by Crippen LogP contribution is -2.29. The van der Waals surface area contributed by atoms with Gasteiger partial charge in [-0.05, 0) is 42.7 Å². The number of benzene rings is 2. The maximum absolute atomic E-state index is 12.2. The number of imide groups is 1. The summed E-state index contributed by atoms with van der Waals surface area (Å²) in [6.45, 7) is 0.148. The summed E-state index contributed by atoms with van der Waals surface area (Å²) in [4.78, 5) is 35.8. The van der Waals surface area contributed by atoms with Crippen LogP contribution in [0.1, 0.15) is 58.4 Å². The molecule has 0 bridgehead atoms. The SMILES string of the molecule is Nc1cc(Cl)ccc1CN1C(=O)c2ccccc2C1=O.O=CC1CCCCC1. The average Bonchev–Trinajstić information content (AvgIpc) is 2.96. The van der Waals surface area contributed by atoms with E-state index in [-0.39, 0.29) is 18.4 Å². The summed E-state index contributed by atoms with van der Waals surface area (Å²) in [5.41, 5.74) is 7.90. The minimum Gasteiger partial charge on any atom is -0.398 e. The van der Waals surface area contributed by atoms with Crippen LogP contribution in [0.5, 0.6) is 0 Å². The Balaban J connectivity index is 0.000000236. The van der Waals surface area contributed by atoms with Crippen molar-refractivity contribution in [2.24, 2.45) is 5.92 Å². The van der Waals surface area contributed by atoms with Crippen LogP contribution in [0.2, 0.25) is 5.02 Å². The average molecular weight is 399 g/mol. The number of halogens is 1. The van der Waals surface area contributed by atoms with E-state index < -0.39 is 0 Å². The molecule has 2 aromatic rings. The number of anilines is 1. The number of carbonyl (C=O) groups is 3. The molecule has 1 saturated carbocycles. The van der Waals surface area contributed by atoms with E-state index in [1.165, 1.54) is 24.2 Å². The number of carbonyl (C=O) groups excluding carboxylic acids is 3. The first kappa shape index (κ1) is 20.1. The molecule has 4 rings (SSSR count). The van der Waals surface area contributed by atoms with Gasteiger partial charge in [-0.3, -0.25) is 14.5 Å². The maximum atomic E-state index is 12.2. The molecule has 0 radical (unpaired) electrons. The minimum atomic E-state index is -0.292. The summed E-state index contributed by atoms with van der Waals surface area (Å²) in [6, 6.07) is 11.8. The van der Waals surface area contributed by atoms with Crippen LogP contribution in [0.15, 0.2) is 42.5 Å². The molecule has 1 fully saturated rings. The number of hydrogen-bond donors (Lipinski definition) is 1. The Morgan fingerprint density at radius 1 is 1.00 bits per heavy atom. The Morgan fingerprint density at radius 3 is 2.11 bits per heavy atom. The summed E-state index contributed by atoms with van der Waals surface area (Å²) < 4.78 is 0. The monoisotopic (exact) mass is 398 g/mol. The van der Waals surface area contributed by atoms with Gasteiger partial charge in [0.2, 0.25) is 0 Å². The van der Waals surface area contributed by atoms with Crippen molar-refractivity contribution in [3.63, 3.8) is 0 Å². The van der Waals surface area contributed by atoms with Crippen LogP contribution in [-0.4, -0.2) is 23.0 Å². The van der Waals surface area contributed by atoms with Crippen molar-refractivity contribution in [2.75, 3.05) is 5.73 Å². The summed E-state index contributed by atoms with van der Waals surface area (Å²) >= 11 is 5.84. The highest BCUT2D eigenvalue weighted by molar-refractivity contribution is 6.30. The molecule has 6 heteroatoms. The van der Waals surface area contributed by atoms with Crippen molar-refractivity contribution in [1.29, 1.82) is 0 Å². The fourth-order valence-electron chi connectivity index (χ4n) is 3.53. The second kappa shape index (κ2) is 9.02. The van der Waals surface area contributed by atoms with Gasteiger partial charge in [0.15, 0.2) is 0 Å². The second-order valence-electron chi connectivity index (χ2n) is 7.12. The Bertz CT molecular complexity index is 856. The molecule has 0 atom stereocenters. The van der Waals surface area contributed by atoms with Crippen molar-refractivity contribution >= 4 is 35.4 Å². The van der Waals surface area contributed by atoms with E-state index in [0.717, 1.165) is 19.1 Å². The normalized spacial score (nSPS) is 16.4. The zero-order valence-electron chi connectivity index (χ0n) is 15.6. The number of fused-ring (bicyclic) bond motifs is 1. The topological polar surface area (TPSA) is 80.5 Å². The highest BCUT2D eigenvalue weighted by Gasteiger charge is 2.35. The van der Waals surface area contributed by atoms with Gasteiger partial charge in [0.1, 0.15) is 6.29 Å². The lowest BCUT2D eigenvalue weighted by atomic mass is 9.91. The molecule has 2 aliphatic rings. The van der Waals surface area contributed by atoms with Crippen LogP contribution < -0.4 is 5.73 Å². The third kappa shape index (κ3) is 4.42. The summed E-state index contributed by atoms with van der Waals surface area (Å²) in [5.74, 6) is -0.177. The van der Waals surface area contributed by atoms with E-state index in [1.54, 1.807) is 42.5 Å². The Morgan fingerprint density at radius 2 is 1.61 bits per heavy atom. The van der Waals surface area contributed by atoms with E-state index in [4.69, 9.17) is 17.3 Å². The van der Waals surface area contributed by atoms with Gasteiger partial charge in [0, 0.05) is 16.6 Å². The van der Waals surface area contributed by atoms with Crippen LogP contribution in [0.25, 0.3) is 0 Å². The molecule has 2 aromatic carbocycles. The first-order chi connectivity index (χ1) is 13.5. The molecule has 146 valence electrons. The lowest BCUT2D eigenvalue weighted by molar-refractivity contribution is -0.111. The van der Waals surface area contributed by atoms with Gasteiger partial charge in [-0.25, -0.2) is 0 Å². The van der Waals surface area contributed by atoms with Crippen LogP contribution in [0, 0.1) is 5.92 Å². The predicted octanol–water partition coefficient (Wildman–Crippen LogP) is 4.48. The molecule has 0 unspecified atom stereocenters. The number of rotatable bonds is 3. The number of nitrogen functional groups attached to an aromatic ring is 1. The van der Waals surface area contributed by atoms with Gasteiger partial charge in [-0.15, -0.1) is 0 Å². The smallest absolute Gasteiger partial charge is 0.261 e. The molecule has 1 aliphatic heterocycles. The fraction of sp³-hybridized carbons (Fsp3) is 0.318. The minimum absolute atomic E-state index is 0.148. The highest BCUT2D eigenvalue weighted by Crippen LogP contribution is 2.26. The van der Waals surface area contributed by atoms with Gasteiger partial charge >= 0.3 is 0 Å². The number of nitrogens with zero attached hydrogens (tertiary/aromatic N) is 1. The predicted molar refractivity (Wildman–Crippen MR) is 109 cm³/mol. The number of aldehydes is 1. The summed E-state index contributed by atoms with van der Waals surface area (Å²) in [5, 5.41) is 0.522. The van der Waals surface area contributed by atoms with E-state index in [9.17, 15) is 14.4 Å². The van der Waals surface area contributed by atoms with E-state index in [1.807, 2.05) is 0 Å². The zero-order valence-corrected chi connectivity index (χ0v) is 16.3. The summed E-state index contributed by atoms with van der Waals surface area (Å²) in [6.07, 6.45) is 7.27. The van der Waals surface area contributed by atoms with Crippen molar-refractivity contribution in [3.05, 3.63) is 64.2 Å². The van der Waals surface area contributed by atoms with E-state index in [0.29, 0.717) is 33.3 Å². The fourth-order valence-corrected chi connectivity index (χ4v) is 3.71. The molecule has 0 aromatic heterocycles. The molecule has 0 spiro atoms. The maximum Gasteiger partial charge on any atom is 0.261 e. The Hall–Kier alpha value is -2.66. The van der Waals surface area contributed by atoms with Crippen molar-refractivity contribution < 1.29 is 14.4 Å². The van der Waals surface area contributed by atoms with E-state index in [2.05, 4.69) is 0 Å². The van der Waals surface area contributed by atoms with Crippen LogP contribution in [0.4, 0.5) is 5.69 Å². The van der Waals surface area contributed by atoms with Crippen LogP contribution in [0.3, 0.4) is 0 Å². The Kier molecular flexibility index (Phi) is 6.47. The zero-order chi connectivity index (χ0) is 20.1. The molecule has 5 nitrogen and oxygen atoms in total. The van der Waals surface area contributed by atoms with Crippen LogP contribution >= 0.6 is 11.6 Å². The Labute approximate surface area is 169 Å². The highest BCUT2D eigenvalue weighted by atomic mass is 35.5.